The summed E-state index contributed by atoms with van der Waals surface area (Å²) in [5.74, 6) is 0.850. The molecule has 1 N–H and O–H groups in total. The Labute approximate surface area is 117 Å². The van der Waals surface area contributed by atoms with Crippen LogP contribution in [0.15, 0.2) is 0 Å². The molecule has 4 nitrogen and oxygen atoms in total. The highest BCUT2D eigenvalue weighted by atomic mass is 32.2. The molecule has 0 aromatic rings. The van der Waals surface area contributed by atoms with E-state index in [-0.39, 0.29) is 22.5 Å². The topological polar surface area (TPSA) is 55.4 Å². The number of hydrogen-bond donors (Lipinski definition) is 1. The first kappa shape index (κ1) is 15.3. The standard InChI is InChI=1S/C14H27NO3S/c1-10-8-11(2)14(13(9-10)15-3)19(16,17)12-4-6-18-7-5-12/h10-15H,4-9H2,1-3H3. The average Bonchev–Trinajstić information content (AvgIpc) is 2.38. The van der Waals surface area contributed by atoms with Crippen LogP contribution in [-0.4, -0.2) is 45.2 Å². The normalized spacial score (nSPS) is 38.3. The zero-order valence-electron chi connectivity index (χ0n) is 12.3. The summed E-state index contributed by atoms with van der Waals surface area (Å²) in [5, 5.41) is 2.83. The molecule has 1 saturated heterocycles. The van der Waals surface area contributed by atoms with Gasteiger partial charge in [0.25, 0.3) is 0 Å². The van der Waals surface area contributed by atoms with E-state index in [1.807, 2.05) is 7.05 Å². The minimum atomic E-state index is -3.06. The van der Waals surface area contributed by atoms with Crippen molar-refractivity contribution in [2.45, 2.75) is 56.1 Å². The lowest BCUT2D eigenvalue weighted by molar-refractivity contribution is 0.0976. The molecule has 0 aromatic carbocycles. The summed E-state index contributed by atoms with van der Waals surface area (Å²) in [4.78, 5) is 0. The molecule has 1 heterocycles. The van der Waals surface area contributed by atoms with Gasteiger partial charge in [0.15, 0.2) is 9.84 Å². The second-order valence-electron chi connectivity index (χ2n) is 6.31. The van der Waals surface area contributed by atoms with E-state index in [4.69, 9.17) is 4.74 Å². The third kappa shape index (κ3) is 3.14. The van der Waals surface area contributed by atoms with Gasteiger partial charge in [-0.15, -0.1) is 0 Å². The van der Waals surface area contributed by atoms with Crippen LogP contribution in [0.4, 0.5) is 0 Å². The molecular weight excluding hydrogens is 262 g/mol. The first-order chi connectivity index (χ1) is 8.96. The Hall–Kier alpha value is -0.130. The molecule has 1 aliphatic heterocycles. The summed E-state index contributed by atoms with van der Waals surface area (Å²) >= 11 is 0. The van der Waals surface area contributed by atoms with Crippen LogP contribution in [0.2, 0.25) is 0 Å². The SMILES string of the molecule is CNC1CC(C)CC(C)C1S(=O)(=O)C1CCOCC1. The third-order valence-electron chi connectivity index (χ3n) is 4.77. The van der Waals surface area contributed by atoms with Gasteiger partial charge in [-0.1, -0.05) is 13.8 Å². The molecule has 0 bridgehead atoms. The molecule has 1 saturated carbocycles. The Bertz CT molecular complexity index is 389. The van der Waals surface area contributed by atoms with E-state index in [9.17, 15) is 8.42 Å². The zero-order valence-corrected chi connectivity index (χ0v) is 13.1. The van der Waals surface area contributed by atoms with Crippen LogP contribution in [0.5, 0.6) is 0 Å². The monoisotopic (exact) mass is 289 g/mol. The number of rotatable bonds is 3. The van der Waals surface area contributed by atoms with E-state index in [2.05, 4.69) is 19.2 Å². The maximum Gasteiger partial charge on any atom is 0.157 e. The van der Waals surface area contributed by atoms with Crippen LogP contribution >= 0.6 is 0 Å². The molecule has 5 heteroatoms. The maximum atomic E-state index is 12.9. The van der Waals surface area contributed by atoms with E-state index in [0.717, 1.165) is 12.8 Å². The lowest BCUT2D eigenvalue weighted by Crippen LogP contribution is -2.53. The molecule has 2 fully saturated rings. The molecule has 0 spiro atoms. The lowest BCUT2D eigenvalue weighted by atomic mass is 9.80. The van der Waals surface area contributed by atoms with E-state index < -0.39 is 9.84 Å². The number of nitrogens with one attached hydrogen (secondary N) is 1. The fraction of sp³-hybridized carbons (Fsp3) is 1.00. The summed E-state index contributed by atoms with van der Waals surface area (Å²) in [5.41, 5.74) is 0. The van der Waals surface area contributed by atoms with Crippen molar-refractivity contribution in [1.82, 2.24) is 5.32 Å². The highest BCUT2D eigenvalue weighted by Gasteiger charge is 2.45. The van der Waals surface area contributed by atoms with E-state index in [1.54, 1.807) is 0 Å². The molecule has 4 unspecified atom stereocenters. The van der Waals surface area contributed by atoms with Crippen molar-refractivity contribution in [2.75, 3.05) is 20.3 Å². The van der Waals surface area contributed by atoms with Crippen LogP contribution in [-0.2, 0) is 14.6 Å². The van der Waals surface area contributed by atoms with Crippen LogP contribution in [0, 0.1) is 11.8 Å². The van der Waals surface area contributed by atoms with Crippen LogP contribution in [0.25, 0.3) is 0 Å². The highest BCUT2D eigenvalue weighted by molar-refractivity contribution is 7.92. The smallest absolute Gasteiger partial charge is 0.157 e. The predicted octanol–water partition coefficient (Wildman–Crippen LogP) is 1.60. The van der Waals surface area contributed by atoms with Gasteiger partial charge in [-0.3, -0.25) is 0 Å². The van der Waals surface area contributed by atoms with Gasteiger partial charge < -0.3 is 10.1 Å². The summed E-state index contributed by atoms with van der Waals surface area (Å²) < 4.78 is 31.2. The molecule has 4 atom stereocenters. The zero-order chi connectivity index (χ0) is 14.0. The van der Waals surface area contributed by atoms with Gasteiger partial charge in [0.05, 0.1) is 10.5 Å². The van der Waals surface area contributed by atoms with Crippen molar-refractivity contribution < 1.29 is 13.2 Å². The van der Waals surface area contributed by atoms with Gasteiger partial charge in [0.1, 0.15) is 0 Å². The molecule has 112 valence electrons. The van der Waals surface area contributed by atoms with Gasteiger partial charge in [-0.25, -0.2) is 8.42 Å². The number of ether oxygens (including phenoxy) is 1. The Morgan fingerprint density at radius 2 is 1.74 bits per heavy atom. The van der Waals surface area contributed by atoms with Gasteiger partial charge in [-0.2, -0.15) is 0 Å². The summed E-state index contributed by atoms with van der Waals surface area (Å²) in [6, 6.07) is 0.103. The summed E-state index contributed by atoms with van der Waals surface area (Å²) in [7, 11) is -1.17. The highest BCUT2D eigenvalue weighted by Crippen LogP contribution is 2.36. The quantitative estimate of drug-likeness (QED) is 0.857. The molecular formula is C14H27NO3S. The maximum absolute atomic E-state index is 12.9. The van der Waals surface area contributed by atoms with Crippen LogP contribution < -0.4 is 5.32 Å². The Morgan fingerprint density at radius 3 is 2.32 bits per heavy atom. The van der Waals surface area contributed by atoms with Gasteiger partial charge in [0.2, 0.25) is 0 Å². The first-order valence-electron chi connectivity index (χ1n) is 7.44. The Kier molecular flexibility index (Phi) is 4.90. The molecule has 0 radical (unpaired) electrons. The minimum Gasteiger partial charge on any atom is -0.381 e. The molecule has 2 aliphatic rings. The summed E-state index contributed by atoms with van der Waals surface area (Å²) in [6.07, 6.45) is 3.31. The lowest BCUT2D eigenvalue weighted by Gasteiger charge is -2.41. The molecule has 0 amide bonds. The summed E-state index contributed by atoms with van der Waals surface area (Å²) in [6.45, 7) is 5.50. The fourth-order valence-electron chi connectivity index (χ4n) is 3.89. The fourth-order valence-corrected chi connectivity index (χ4v) is 6.65. The first-order valence-corrected chi connectivity index (χ1v) is 9.05. The van der Waals surface area contributed by atoms with E-state index in [1.165, 1.54) is 0 Å². The molecule has 2 rings (SSSR count). The molecule has 19 heavy (non-hydrogen) atoms. The van der Waals surface area contributed by atoms with E-state index in [0.29, 0.717) is 32.0 Å². The van der Waals surface area contributed by atoms with Crippen molar-refractivity contribution in [1.29, 1.82) is 0 Å². The third-order valence-corrected chi connectivity index (χ3v) is 7.72. The van der Waals surface area contributed by atoms with Crippen molar-refractivity contribution in [3.8, 4) is 0 Å². The molecule has 0 aromatic heterocycles. The molecule has 1 aliphatic carbocycles. The van der Waals surface area contributed by atoms with Crippen molar-refractivity contribution >= 4 is 9.84 Å². The Morgan fingerprint density at radius 1 is 1.11 bits per heavy atom. The van der Waals surface area contributed by atoms with Crippen molar-refractivity contribution in [3.63, 3.8) is 0 Å². The number of sulfone groups is 1. The minimum absolute atomic E-state index is 0.103. The average molecular weight is 289 g/mol. The van der Waals surface area contributed by atoms with Crippen molar-refractivity contribution in [3.05, 3.63) is 0 Å². The van der Waals surface area contributed by atoms with Crippen LogP contribution in [0.3, 0.4) is 0 Å². The largest absolute Gasteiger partial charge is 0.381 e. The Balaban J connectivity index is 2.21. The second kappa shape index (κ2) is 6.10. The van der Waals surface area contributed by atoms with E-state index >= 15 is 0 Å². The van der Waals surface area contributed by atoms with Gasteiger partial charge >= 0.3 is 0 Å². The van der Waals surface area contributed by atoms with Gasteiger partial charge in [0, 0.05) is 19.3 Å². The van der Waals surface area contributed by atoms with Crippen LogP contribution in [0.1, 0.15) is 39.5 Å². The predicted molar refractivity (Wildman–Crippen MR) is 77.0 cm³/mol. The second-order valence-corrected chi connectivity index (χ2v) is 8.70. The van der Waals surface area contributed by atoms with Crippen molar-refractivity contribution in [2.24, 2.45) is 11.8 Å². The van der Waals surface area contributed by atoms with Gasteiger partial charge in [-0.05, 0) is 44.6 Å². The number of hydrogen-bond acceptors (Lipinski definition) is 4.